The number of rotatable bonds is 71. The molecule has 0 spiro atoms. The van der Waals surface area contributed by atoms with Crippen LogP contribution in [0.5, 0.6) is 0 Å². The highest BCUT2D eigenvalue weighted by molar-refractivity contribution is 7.47. The Kier molecular flexibility index (Phi) is 62.4. The van der Waals surface area contributed by atoms with Crippen LogP contribution in [0.3, 0.4) is 0 Å². The molecule has 0 aliphatic rings. The lowest BCUT2D eigenvalue weighted by molar-refractivity contribution is -0.161. The van der Waals surface area contributed by atoms with Crippen molar-refractivity contribution in [2.75, 3.05) is 39.6 Å². The molecule has 0 rings (SSSR count). The van der Waals surface area contributed by atoms with E-state index in [0.29, 0.717) is 25.7 Å². The van der Waals surface area contributed by atoms with Gasteiger partial charge in [-0.2, -0.15) is 0 Å². The maximum Gasteiger partial charge on any atom is 0.472 e. The van der Waals surface area contributed by atoms with Gasteiger partial charge in [0.2, 0.25) is 0 Å². The van der Waals surface area contributed by atoms with Crippen LogP contribution in [-0.4, -0.2) is 96.7 Å². The third kappa shape index (κ3) is 65.4. The smallest absolute Gasteiger partial charge is 0.462 e. The zero-order valence-electron chi connectivity index (χ0n) is 60.0. The first-order valence-corrected chi connectivity index (χ1v) is 40.9. The molecule has 0 saturated heterocycles. The zero-order valence-corrected chi connectivity index (χ0v) is 61.8. The minimum Gasteiger partial charge on any atom is -0.462 e. The van der Waals surface area contributed by atoms with Gasteiger partial charge >= 0.3 is 39.5 Å². The lowest BCUT2D eigenvalue weighted by Crippen LogP contribution is -2.30. The van der Waals surface area contributed by atoms with Crippen LogP contribution in [0.1, 0.15) is 370 Å². The molecule has 19 heteroatoms. The predicted molar refractivity (Wildman–Crippen MR) is 372 cm³/mol. The van der Waals surface area contributed by atoms with Gasteiger partial charge in [0.25, 0.3) is 0 Å². The second-order valence-corrected chi connectivity index (χ2v) is 30.4. The first-order valence-electron chi connectivity index (χ1n) is 37.9. The molecule has 0 aliphatic carbocycles. The van der Waals surface area contributed by atoms with Crippen molar-refractivity contribution in [2.45, 2.75) is 388 Å². The van der Waals surface area contributed by atoms with Crippen LogP contribution in [0.15, 0.2) is 0 Å². The molecule has 0 aliphatic heterocycles. The Hall–Kier alpha value is -1.94. The summed E-state index contributed by atoms with van der Waals surface area (Å²) in [5, 5.41) is 10.6. The zero-order chi connectivity index (χ0) is 68.0. The number of phosphoric ester groups is 2. The number of carbonyl (C=O) groups excluding carboxylic acids is 4. The van der Waals surface area contributed by atoms with Crippen LogP contribution >= 0.6 is 15.6 Å². The molecule has 6 atom stereocenters. The minimum absolute atomic E-state index is 0.105. The van der Waals surface area contributed by atoms with Gasteiger partial charge in [0.15, 0.2) is 12.2 Å². The van der Waals surface area contributed by atoms with E-state index in [-0.39, 0.29) is 25.7 Å². The monoisotopic (exact) mass is 1350 g/mol. The molecule has 0 radical (unpaired) electrons. The van der Waals surface area contributed by atoms with Crippen LogP contribution < -0.4 is 0 Å². The number of carbonyl (C=O) groups is 4. The van der Waals surface area contributed by atoms with Crippen molar-refractivity contribution in [2.24, 2.45) is 17.8 Å². The molecule has 0 fully saturated rings. The quantitative estimate of drug-likeness (QED) is 0.0222. The lowest BCUT2D eigenvalue weighted by Gasteiger charge is -2.21. The summed E-state index contributed by atoms with van der Waals surface area (Å²) in [6.07, 6.45) is 48.4. The third-order valence-corrected chi connectivity index (χ3v) is 19.1. The molecule has 0 aromatic rings. The van der Waals surface area contributed by atoms with Crippen LogP contribution in [0.25, 0.3) is 0 Å². The molecule has 3 N–H and O–H groups in total. The van der Waals surface area contributed by atoms with E-state index in [2.05, 4.69) is 48.5 Å². The standard InChI is InChI=1S/C73H142O17P2/c1-8-10-11-12-13-14-15-20-25-33-40-47-54-70(75)83-61-69(90-73(78)57-50-43-36-29-28-32-39-46-53-66(7)9-2)63-88-92(81,82)86-59-67(74)58-85-91(79,80)87-62-68(60-84-71(76)55-48-41-34-27-22-24-31-38-45-52-65(5)6)89-72(77)56-49-42-35-26-21-18-16-17-19-23-30-37-44-51-64(3)4/h64-69,74H,8-63H2,1-7H3,(H,79,80)(H,81,82)/t66?,67-,68-,69-/m1/s1. The number of phosphoric acid groups is 2. The molecular formula is C73H142O17P2. The topological polar surface area (TPSA) is 237 Å². The van der Waals surface area contributed by atoms with E-state index in [1.807, 2.05) is 0 Å². The van der Waals surface area contributed by atoms with Gasteiger partial charge in [0.1, 0.15) is 19.3 Å². The Labute approximate surface area is 562 Å². The normalized spacial score (nSPS) is 14.4. The number of hydrogen-bond donors (Lipinski definition) is 3. The fourth-order valence-corrected chi connectivity index (χ4v) is 12.6. The maximum absolute atomic E-state index is 13.0. The van der Waals surface area contributed by atoms with Crippen molar-refractivity contribution in [3.63, 3.8) is 0 Å². The van der Waals surface area contributed by atoms with Gasteiger partial charge in [0, 0.05) is 25.7 Å². The van der Waals surface area contributed by atoms with Crippen molar-refractivity contribution in [1.29, 1.82) is 0 Å². The number of aliphatic hydroxyl groups excluding tert-OH is 1. The summed E-state index contributed by atoms with van der Waals surface area (Å²) in [5.41, 5.74) is 0. The summed E-state index contributed by atoms with van der Waals surface area (Å²) >= 11 is 0. The first-order chi connectivity index (χ1) is 44.3. The molecular weight excluding hydrogens is 1210 g/mol. The molecule has 0 aromatic heterocycles. The van der Waals surface area contributed by atoms with Gasteiger partial charge in [-0.15, -0.1) is 0 Å². The first kappa shape index (κ1) is 90.1. The Morgan fingerprint density at radius 3 is 0.826 bits per heavy atom. The van der Waals surface area contributed by atoms with E-state index in [9.17, 15) is 43.2 Å². The number of ether oxygens (including phenoxy) is 4. The molecule has 17 nitrogen and oxygen atoms in total. The van der Waals surface area contributed by atoms with Crippen LogP contribution in [-0.2, 0) is 65.4 Å². The highest BCUT2D eigenvalue weighted by Crippen LogP contribution is 2.45. The highest BCUT2D eigenvalue weighted by Gasteiger charge is 2.30. The summed E-state index contributed by atoms with van der Waals surface area (Å²) in [6.45, 7) is 11.9. The second kappa shape index (κ2) is 63.8. The average molecular weight is 1350 g/mol. The molecule has 0 saturated carbocycles. The van der Waals surface area contributed by atoms with E-state index in [1.54, 1.807) is 0 Å². The van der Waals surface area contributed by atoms with E-state index < -0.39 is 97.5 Å². The number of hydrogen-bond acceptors (Lipinski definition) is 15. The fraction of sp³-hybridized carbons (Fsp3) is 0.945. The van der Waals surface area contributed by atoms with Gasteiger partial charge in [-0.3, -0.25) is 37.3 Å². The molecule has 0 amide bonds. The van der Waals surface area contributed by atoms with Gasteiger partial charge in [-0.1, -0.05) is 318 Å². The largest absolute Gasteiger partial charge is 0.472 e. The van der Waals surface area contributed by atoms with Crippen LogP contribution in [0.4, 0.5) is 0 Å². The summed E-state index contributed by atoms with van der Waals surface area (Å²) in [6, 6.07) is 0. The molecule has 3 unspecified atom stereocenters. The van der Waals surface area contributed by atoms with Gasteiger partial charge in [-0.05, 0) is 43.4 Å². The SMILES string of the molecule is CCCCCCCCCCCCCCC(=O)OC[C@H](COP(=O)(O)OC[C@H](O)COP(=O)(O)OC[C@@H](COC(=O)CCCCCCCCCCCC(C)C)OC(=O)CCCCCCCCCCCCCCCC(C)C)OC(=O)CCCCCCCCCCC(C)CC. The molecule has 0 heterocycles. The molecule has 0 aromatic carbocycles. The Bertz CT molecular complexity index is 1800. The molecule has 0 bridgehead atoms. The summed E-state index contributed by atoms with van der Waals surface area (Å²) in [4.78, 5) is 72.7. The van der Waals surface area contributed by atoms with E-state index in [1.165, 1.54) is 180 Å². The fourth-order valence-electron chi connectivity index (χ4n) is 11.0. The Morgan fingerprint density at radius 2 is 0.554 bits per heavy atom. The molecule has 546 valence electrons. The minimum atomic E-state index is -4.95. The van der Waals surface area contributed by atoms with Gasteiger partial charge < -0.3 is 33.8 Å². The lowest BCUT2D eigenvalue weighted by atomic mass is 9.99. The summed E-state index contributed by atoms with van der Waals surface area (Å²) in [5.74, 6) is 0.178. The second-order valence-electron chi connectivity index (χ2n) is 27.5. The summed E-state index contributed by atoms with van der Waals surface area (Å²) in [7, 11) is -9.91. The predicted octanol–water partition coefficient (Wildman–Crippen LogP) is 21.0. The Balaban J connectivity index is 5.26. The number of unbranched alkanes of at least 4 members (excludes halogenated alkanes) is 38. The van der Waals surface area contributed by atoms with Crippen molar-refractivity contribution in [3.05, 3.63) is 0 Å². The van der Waals surface area contributed by atoms with Gasteiger partial charge in [0.05, 0.1) is 26.4 Å². The maximum atomic E-state index is 13.0. The van der Waals surface area contributed by atoms with Crippen LogP contribution in [0.2, 0.25) is 0 Å². The summed E-state index contributed by atoms with van der Waals surface area (Å²) < 4.78 is 68.4. The van der Waals surface area contributed by atoms with Crippen LogP contribution in [0, 0.1) is 17.8 Å². The van der Waals surface area contributed by atoms with Crippen molar-refractivity contribution < 1.29 is 80.2 Å². The molecule has 92 heavy (non-hydrogen) atoms. The Morgan fingerprint density at radius 1 is 0.315 bits per heavy atom. The van der Waals surface area contributed by atoms with Crippen molar-refractivity contribution in [3.8, 4) is 0 Å². The van der Waals surface area contributed by atoms with E-state index >= 15 is 0 Å². The highest BCUT2D eigenvalue weighted by atomic mass is 31.2. The van der Waals surface area contributed by atoms with Crippen molar-refractivity contribution in [1.82, 2.24) is 0 Å². The number of esters is 4. The van der Waals surface area contributed by atoms with Gasteiger partial charge in [-0.25, -0.2) is 9.13 Å². The van der Waals surface area contributed by atoms with Crippen molar-refractivity contribution >= 4 is 39.5 Å². The number of aliphatic hydroxyl groups is 1. The average Bonchev–Trinajstić information content (AvgIpc) is 1.69. The third-order valence-electron chi connectivity index (χ3n) is 17.2. The van der Waals surface area contributed by atoms with E-state index in [4.69, 9.17) is 37.0 Å². The van der Waals surface area contributed by atoms with E-state index in [0.717, 1.165) is 108 Å².